The van der Waals surface area contributed by atoms with Crippen molar-refractivity contribution in [3.05, 3.63) is 0 Å². The number of carbonyl (C=O) groups is 1. The van der Waals surface area contributed by atoms with Crippen LogP contribution in [0.5, 0.6) is 0 Å². The summed E-state index contributed by atoms with van der Waals surface area (Å²) >= 11 is 0. The zero-order valence-corrected chi connectivity index (χ0v) is 13.6. The molecule has 0 unspecified atom stereocenters. The van der Waals surface area contributed by atoms with E-state index in [1.54, 1.807) is 0 Å². The van der Waals surface area contributed by atoms with Crippen LogP contribution in [-0.4, -0.2) is 61.9 Å². The second-order valence-corrected chi connectivity index (χ2v) is 6.73. The van der Waals surface area contributed by atoms with Crippen LogP contribution in [0.4, 0.5) is 0 Å². The molecule has 0 aliphatic carbocycles. The SMILES string of the molecule is CC(C)[C@H](CN1CCOCC1)NCC(=O)OC(C)(C)C. The molecule has 1 heterocycles. The van der Waals surface area contributed by atoms with Gasteiger partial charge in [0.2, 0.25) is 0 Å². The van der Waals surface area contributed by atoms with E-state index in [1.807, 2.05) is 20.8 Å². The molecule has 0 aromatic heterocycles. The standard InChI is InChI=1S/C15H30N2O3/c1-12(2)13(11-17-6-8-19-9-7-17)16-10-14(18)20-15(3,4)5/h12-13,16H,6-11H2,1-5H3/t13-/m0/s1. The van der Waals surface area contributed by atoms with E-state index in [9.17, 15) is 4.79 Å². The fourth-order valence-corrected chi connectivity index (χ4v) is 2.16. The highest BCUT2D eigenvalue weighted by molar-refractivity contribution is 5.72. The molecule has 0 amide bonds. The average Bonchev–Trinajstić information content (AvgIpc) is 2.33. The van der Waals surface area contributed by atoms with Crippen LogP contribution < -0.4 is 5.32 Å². The van der Waals surface area contributed by atoms with Crippen molar-refractivity contribution in [1.29, 1.82) is 0 Å². The molecule has 20 heavy (non-hydrogen) atoms. The van der Waals surface area contributed by atoms with Crippen molar-refractivity contribution < 1.29 is 14.3 Å². The van der Waals surface area contributed by atoms with Crippen molar-refractivity contribution in [1.82, 2.24) is 10.2 Å². The average molecular weight is 286 g/mol. The molecule has 1 saturated heterocycles. The molecular weight excluding hydrogens is 256 g/mol. The van der Waals surface area contributed by atoms with Crippen molar-refractivity contribution in [2.45, 2.75) is 46.3 Å². The smallest absolute Gasteiger partial charge is 0.320 e. The summed E-state index contributed by atoms with van der Waals surface area (Å²) in [5.74, 6) is 0.283. The van der Waals surface area contributed by atoms with E-state index in [1.165, 1.54) is 0 Å². The molecule has 1 aliphatic heterocycles. The lowest BCUT2D eigenvalue weighted by atomic mass is 10.0. The minimum atomic E-state index is -0.420. The Morgan fingerprint density at radius 2 is 1.90 bits per heavy atom. The zero-order chi connectivity index (χ0) is 15.2. The first-order valence-electron chi connectivity index (χ1n) is 7.53. The van der Waals surface area contributed by atoms with Gasteiger partial charge >= 0.3 is 5.97 Å². The minimum Gasteiger partial charge on any atom is -0.459 e. The first kappa shape index (κ1) is 17.4. The maximum absolute atomic E-state index is 11.8. The van der Waals surface area contributed by atoms with Crippen LogP contribution in [0.3, 0.4) is 0 Å². The van der Waals surface area contributed by atoms with Gasteiger partial charge in [-0.25, -0.2) is 0 Å². The summed E-state index contributed by atoms with van der Waals surface area (Å²) < 4.78 is 10.7. The Hall–Kier alpha value is -0.650. The van der Waals surface area contributed by atoms with Crippen molar-refractivity contribution >= 4 is 5.97 Å². The Morgan fingerprint density at radius 1 is 1.30 bits per heavy atom. The quantitative estimate of drug-likeness (QED) is 0.745. The summed E-state index contributed by atoms with van der Waals surface area (Å²) in [5, 5.41) is 3.33. The van der Waals surface area contributed by atoms with Gasteiger partial charge in [0, 0.05) is 25.7 Å². The van der Waals surface area contributed by atoms with Gasteiger partial charge in [0.25, 0.3) is 0 Å². The van der Waals surface area contributed by atoms with E-state index in [2.05, 4.69) is 24.1 Å². The van der Waals surface area contributed by atoms with E-state index in [-0.39, 0.29) is 12.5 Å². The van der Waals surface area contributed by atoms with Crippen LogP contribution in [-0.2, 0) is 14.3 Å². The van der Waals surface area contributed by atoms with E-state index in [4.69, 9.17) is 9.47 Å². The molecule has 0 bridgehead atoms. The summed E-state index contributed by atoms with van der Waals surface area (Å²) in [4.78, 5) is 14.1. The fourth-order valence-electron chi connectivity index (χ4n) is 2.16. The Labute approximate surface area is 123 Å². The first-order valence-corrected chi connectivity index (χ1v) is 7.53. The van der Waals surface area contributed by atoms with Crippen molar-refractivity contribution in [2.24, 2.45) is 5.92 Å². The number of ether oxygens (including phenoxy) is 2. The molecule has 1 atom stereocenters. The highest BCUT2D eigenvalue weighted by atomic mass is 16.6. The number of nitrogens with one attached hydrogen (secondary N) is 1. The van der Waals surface area contributed by atoms with Gasteiger partial charge in [-0.1, -0.05) is 13.8 Å². The van der Waals surface area contributed by atoms with Gasteiger partial charge in [-0.05, 0) is 26.7 Å². The van der Waals surface area contributed by atoms with Crippen LogP contribution >= 0.6 is 0 Å². The molecule has 0 saturated carbocycles. The number of morpholine rings is 1. The van der Waals surface area contributed by atoms with Crippen LogP contribution in [0.1, 0.15) is 34.6 Å². The molecule has 5 nitrogen and oxygen atoms in total. The van der Waals surface area contributed by atoms with Gasteiger partial charge in [-0.3, -0.25) is 9.69 Å². The summed E-state index contributed by atoms with van der Waals surface area (Å²) in [7, 11) is 0. The predicted octanol–water partition coefficient (Wildman–Crippen LogP) is 1.27. The maximum atomic E-state index is 11.8. The topological polar surface area (TPSA) is 50.8 Å². The summed E-state index contributed by atoms with van der Waals surface area (Å²) in [5.41, 5.74) is -0.420. The largest absolute Gasteiger partial charge is 0.459 e. The van der Waals surface area contributed by atoms with Crippen LogP contribution in [0.2, 0.25) is 0 Å². The van der Waals surface area contributed by atoms with Gasteiger partial charge < -0.3 is 14.8 Å². The van der Waals surface area contributed by atoms with Gasteiger partial charge in [-0.15, -0.1) is 0 Å². The second-order valence-electron chi connectivity index (χ2n) is 6.73. The molecule has 118 valence electrons. The fraction of sp³-hybridized carbons (Fsp3) is 0.933. The lowest BCUT2D eigenvalue weighted by Gasteiger charge is -2.32. The summed E-state index contributed by atoms with van der Waals surface area (Å²) in [6.45, 7) is 14.8. The summed E-state index contributed by atoms with van der Waals surface area (Å²) in [6.07, 6.45) is 0. The third-order valence-corrected chi connectivity index (χ3v) is 3.29. The van der Waals surface area contributed by atoms with Crippen LogP contribution in [0.15, 0.2) is 0 Å². The van der Waals surface area contributed by atoms with Crippen molar-refractivity contribution in [3.63, 3.8) is 0 Å². The van der Waals surface area contributed by atoms with E-state index >= 15 is 0 Å². The lowest BCUT2D eigenvalue weighted by Crippen LogP contribution is -2.49. The first-order chi connectivity index (χ1) is 9.28. The molecule has 0 aromatic rings. The minimum absolute atomic E-state index is 0.190. The molecule has 1 aliphatic rings. The lowest BCUT2D eigenvalue weighted by molar-refractivity contribution is -0.153. The van der Waals surface area contributed by atoms with Crippen LogP contribution in [0, 0.1) is 5.92 Å². The molecule has 1 fully saturated rings. The van der Waals surface area contributed by atoms with E-state index < -0.39 is 5.60 Å². The van der Waals surface area contributed by atoms with Crippen LogP contribution in [0.25, 0.3) is 0 Å². The van der Waals surface area contributed by atoms with Crippen molar-refractivity contribution in [3.8, 4) is 0 Å². The van der Waals surface area contributed by atoms with E-state index in [0.717, 1.165) is 32.8 Å². The molecule has 5 heteroatoms. The van der Waals surface area contributed by atoms with Crippen molar-refractivity contribution in [2.75, 3.05) is 39.4 Å². The molecule has 0 spiro atoms. The predicted molar refractivity (Wildman–Crippen MR) is 79.7 cm³/mol. The number of nitrogens with zero attached hydrogens (tertiary/aromatic N) is 1. The highest BCUT2D eigenvalue weighted by Gasteiger charge is 2.21. The van der Waals surface area contributed by atoms with Gasteiger partial charge in [0.1, 0.15) is 5.60 Å². The van der Waals surface area contributed by atoms with Gasteiger partial charge in [0.15, 0.2) is 0 Å². The normalized spacial score (nSPS) is 19.1. The maximum Gasteiger partial charge on any atom is 0.320 e. The number of rotatable bonds is 6. The molecule has 1 rings (SSSR count). The third-order valence-electron chi connectivity index (χ3n) is 3.29. The second kappa shape index (κ2) is 7.96. The third kappa shape index (κ3) is 7.22. The molecular formula is C15H30N2O3. The Balaban J connectivity index is 2.36. The zero-order valence-electron chi connectivity index (χ0n) is 13.6. The number of carbonyl (C=O) groups excluding carboxylic acids is 1. The Kier molecular flexibility index (Phi) is 6.92. The summed E-state index contributed by atoms with van der Waals surface area (Å²) in [6, 6.07) is 0.292. The Bertz CT molecular complexity index is 294. The molecule has 0 radical (unpaired) electrons. The van der Waals surface area contributed by atoms with E-state index in [0.29, 0.717) is 12.0 Å². The Morgan fingerprint density at radius 3 is 2.40 bits per heavy atom. The van der Waals surface area contributed by atoms with Gasteiger partial charge in [0.05, 0.1) is 19.8 Å². The highest BCUT2D eigenvalue weighted by Crippen LogP contribution is 2.08. The van der Waals surface area contributed by atoms with Gasteiger partial charge in [-0.2, -0.15) is 0 Å². The molecule has 0 aromatic carbocycles. The molecule has 1 N–H and O–H groups in total. The number of hydrogen-bond acceptors (Lipinski definition) is 5. The monoisotopic (exact) mass is 286 g/mol. The number of esters is 1. The number of hydrogen-bond donors (Lipinski definition) is 1.